The fourth-order valence-corrected chi connectivity index (χ4v) is 2.49. The fourth-order valence-electron chi connectivity index (χ4n) is 2.49. The summed E-state index contributed by atoms with van der Waals surface area (Å²) in [5.41, 5.74) is 1.47. The molecule has 0 aliphatic rings. The van der Waals surface area contributed by atoms with Crippen molar-refractivity contribution >= 4 is 23.1 Å². The minimum absolute atomic E-state index is 0.0290. The molecule has 2 N–H and O–H groups in total. The van der Waals surface area contributed by atoms with Crippen LogP contribution in [0.5, 0.6) is 11.5 Å². The number of rotatable bonds is 8. The molecule has 1 amide bonds. The molecule has 1 heterocycles. The molecular weight excluding hydrogens is 318 g/mol. The predicted molar refractivity (Wildman–Crippen MR) is 99.8 cm³/mol. The van der Waals surface area contributed by atoms with E-state index in [4.69, 9.17) is 9.47 Å². The van der Waals surface area contributed by atoms with Crippen molar-refractivity contribution in [1.82, 2.24) is 4.98 Å². The Morgan fingerprint density at radius 3 is 2.44 bits per heavy atom. The highest BCUT2D eigenvalue weighted by atomic mass is 16.5. The van der Waals surface area contributed by atoms with E-state index in [1.807, 2.05) is 38.1 Å². The van der Waals surface area contributed by atoms with Gasteiger partial charge in [-0.1, -0.05) is 13.8 Å². The molecule has 0 atom stereocenters. The molecule has 1 aromatic carbocycles. The highest BCUT2D eigenvalue weighted by molar-refractivity contribution is 5.92. The van der Waals surface area contributed by atoms with Crippen molar-refractivity contribution in [3.05, 3.63) is 36.5 Å². The standard InChI is InChI=1S/C19H25N3O3/c1-5-13(6-2)19(23)21-14-7-10-18(20-12-14)22-16-9-8-15(24-3)11-17(16)25-4/h7-13H,5-6H2,1-4H3,(H,20,22)(H,21,23). The molecule has 0 fully saturated rings. The SMILES string of the molecule is CCC(CC)C(=O)Nc1ccc(Nc2ccc(OC)cc2OC)nc1. The summed E-state index contributed by atoms with van der Waals surface area (Å²) in [6, 6.07) is 9.14. The van der Waals surface area contributed by atoms with E-state index in [0.717, 1.165) is 24.3 Å². The van der Waals surface area contributed by atoms with E-state index >= 15 is 0 Å². The Morgan fingerprint density at radius 1 is 1.12 bits per heavy atom. The third-order valence-electron chi connectivity index (χ3n) is 4.06. The van der Waals surface area contributed by atoms with Crippen LogP contribution >= 0.6 is 0 Å². The zero-order valence-corrected chi connectivity index (χ0v) is 15.1. The van der Waals surface area contributed by atoms with Crippen molar-refractivity contribution < 1.29 is 14.3 Å². The zero-order valence-electron chi connectivity index (χ0n) is 15.1. The Bertz CT molecular complexity index is 698. The quantitative estimate of drug-likeness (QED) is 0.751. The average Bonchev–Trinajstić information content (AvgIpc) is 2.64. The summed E-state index contributed by atoms with van der Waals surface area (Å²) in [6.45, 7) is 4.03. The van der Waals surface area contributed by atoms with Gasteiger partial charge >= 0.3 is 0 Å². The smallest absolute Gasteiger partial charge is 0.227 e. The molecule has 0 spiro atoms. The summed E-state index contributed by atoms with van der Waals surface area (Å²) in [6.07, 6.45) is 3.29. The van der Waals surface area contributed by atoms with Crippen molar-refractivity contribution in [2.45, 2.75) is 26.7 Å². The largest absolute Gasteiger partial charge is 0.497 e. The summed E-state index contributed by atoms with van der Waals surface area (Å²) >= 11 is 0. The van der Waals surface area contributed by atoms with E-state index in [1.165, 1.54) is 0 Å². The zero-order chi connectivity index (χ0) is 18.2. The Hall–Kier alpha value is -2.76. The number of nitrogens with zero attached hydrogens (tertiary/aromatic N) is 1. The molecule has 6 heteroatoms. The maximum atomic E-state index is 12.1. The van der Waals surface area contributed by atoms with E-state index in [-0.39, 0.29) is 11.8 Å². The van der Waals surface area contributed by atoms with Crippen LogP contribution in [0.15, 0.2) is 36.5 Å². The van der Waals surface area contributed by atoms with Gasteiger partial charge in [-0.15, -0.1) is 0 Å². The second kappa shape index (κ2) is 8.92. The van der Waals surface area contributed by atoms with Crippen LogP contribution in [0.4, 0.5) is 17.2 Å². The van der Waals surface area contributed by atoms with Gasteiger partial charge in [-0.2, -0.15) is 0 Å². The van der Waals surface area contributed by atoms with Crippen molar-refractivity contribution in [1.29, 1.82) is 0 Å². The molecule has 0 saturated heterocycles. The van der Waals surface area contributed by atoms with Gasteiger partial charge < -0.3 is 20.1 Å². The third kappa shape index (κ3) is 4.86. The second-order valence-electron chi connectivity index (χ2n) is 5.63. The van der Waals surface area contributed by atoms with Crippen molar-refractivity contribution in [2.24, 2.45) is 5.92 Å². The lowest BCUT2D eigenvalue weighted by molar-refractivity contribution is -0.120. The topological polar surface area (TPSA) is 72.5 Å². The van der Waals surface area contributed by atoms with Gasteiger partial charge in [0.2, 0.25) is 5.91 Å². The van der Waals surface area contributed by atoms with Gasteiger partial charge in [-0.05, 0) is 37.1 Å². The second-order valence-corrected chi connectivity index (χ2v) is 5.63. The van der Waals surface area contributed by atoms with Gasteiger partial charge in [-0.25, -0.2) is 4.98 Å². The number of amides is 1. The molecule has 0 unspecified atom stereocenters. The van der Waals surface area contributed by atoms with Gasteiger partial charge in [0.1, 0.15) is 17.3 Å². The van der Waals surface area contributed by atoms with E-state index in [2.05, 4.69) is 15.6 Å². The van der Waals surface area contributed by atoms with Crippen LogP contribution in [0.3, 0.4) is 0 Å². The maximum absolute atomic E-state index is 12.1. The highest BCUT2D eigenvalue weighted by Crippen LogP contribution is 2.31. The van der Waals surface area contributed by atoms with Crippen LogP contribution in [-0.2, 0) is 4.79 Å². The fraction of sp³-hybridized carbons (Fsp3) is 0.368. The number of ether oxygens (including phenoxy) is 2. The van der Waals surface area contributed by atoms with Gasteiger partial charge in [0.25, 0.3) is 0 Å². The number of carbonyl (C=O) groups excluding carboxylic acids is 1. The van der Waals surface area contributed by atoms with E-state index in [0.29, 0.717) is 17.3 Å². The molecule has 2 aromatic rings. The number of methoxy groups -OCH3 is 2. The van der Waals surface area contributed by atoms with Crippen LogP contribution < -0.4 is 20.1 Å². The number of benzene rings is 1. The maximum Gasteiger partial charge on any atom is 0.227 e. The number of aromatic nitrogens is 1. The minimum atomic E-state index is 0.0290. The van der Waals surface area contributed by atoms with E-state index in [9.17, 15) is 4.79 Å². The number of nitrogens with one attached hydrogen (secondary N) is 2. The Kier molecular flexibility index (Phi) is 6.62. The summed E-state index contributed by atoms with van der Waals surface area (Å²) in [5.74, 6) is 2.09. The monoisotopic (exact) mass is 343 g/mol. The first kappa shape index (κ1) is 18.6. The molecule has 0 bridgehead atoms. The third-order valence-corrected chi connectivity index (χ3v) is 4.06. The lowest BCUT2D eigenvalue weighted by Gasteiger charge is -2.14. The first-order valence-electron chi connectivity index (χ1n) is 8.37. The highest BCUT2D eigenvalue weighted by Gasteiger charge is 2.14. The van der Waals surface area contributed by atoms with Crippen molar-refractivity contribution in [2.75, 3.05) is 24.9 Å². The normalized spacial score (nSPS) is 10.4. The van der Waals surface area contributed by atoms with Crippen LogP contribution in [0.1, 0.15) is 26.7 Å². The molecule has 1 aromatic heterocycles. The van der Waals surface area contributed by atoms with Gasteiger partial charge in [0.05, 0.1) is 31.8 Å². The summed E-state index contributed by atoms with van der Waals surface area (Å²) in [7, 11) is 3.21. The lowest BCUT2D eigenvalue weighted by atomic mass is 10.0. The first-order valence-corrected chi connectivity index (χ1v) is 8.37. The predicted octanol–water partition coefficient (Wildman–Crippen LogP) is 4.22. The molecule has 0 aliphatic carbocycles. The van der Waals surface area contributed by atoms with E-state index < -0.39 is 0 Å². The minimum Gasteiger partial charge on any atom is -0.497 e. The molecule has 6 nitrogen and oxygen atoms in total. The van der Waals surface area contributed by atoms with Crippen molar-refractivity contribution in [3.63, 3.8) is 0 Å². The van der Waals surface area contributed by atoms with Crippen LogP contribution in [0.25, 0.3) is 0 Å². The Morgan fingerprint density at radius 2 is 1.88 bits per heavy atom. The first-order chi connectivity index (χ1) is 12.1. The number of pyridine rings is 1. The summed E-state index contributed by atoms with van der Waals surface area (Å²) in [5, 5.41) is 6.10. The number of hydrogen-bond donors (Lipinski definition) is 2. The molecular formula is C19H25N3O3. The van der Waals surface area contributed by atoms with Crippen LogP contribution in [0, 0.1) is 5.92 Å². The van der Waals surface area contributed by atoms with Crippen LogP contribution in [0.2, 0.25) is 0 Å². The number of anilines is 3. The van der Waals surface area contributed by atoms with E-state index in [1.54, 1.807) is 26.5 Å². The average molecular weight is 343 g/mol. The summed E-state index contributed by atoms with van der Waals surface area (Å²) in [4.78, 5) is 16.5. The van der Waals surface area contributed by atoms with Gasteiger partial charge in [-0.3, -0.25) is 4.79 Å². The Balaban J connectivity index is 2.07. The van der Waals surface area contributed by atoms with Crippen LogP contribution in [-0.4, -0.2) is 25.1 Å². The molecule has 0 radical (unpaired) electrons. The van der Waals surface area contributed by atoms with Gasteiger partial charge in [0.15, 0.2) is 0 Å². The Labute approximate surface area is 148 Å². The van der Waals surface area contributed by atoms with Gasteiger partial charge in [0, 0.05) is 12.0 Å². The molecule has 134 valence electrons. The molecule has 25 heavy (non-hydrogen) atoms. The summed E-state index contributed by atoms with van der Waals surface area (Å²) < 4.78 is 10.5. The van der Waals surface area contributed by atoms with Crippen molar-refractivity contribution in [3.8, 4) is 11.5 Å². The molecule has 0 saturated carbocycles. The molecule has 2 rings (SSSR count). The molecule has 0 aliphatic heterocycles. The number of carbonyl (C=O) groups is 1. The number of hydrogen-bond acceptors (Lipinski definition) is 5. The lowest BCUT2D eigenvalue weighted by Crippen LogP contribution is -2.21.